The van der Waals surface area contributed by atoms with Gasteiger partial charge in [0, 0.05) is 12.6 Å². The second-order valence-electron chi connectivity index (χ2n) is 4.97. The maximum absolute atomic E-state index is 12.0. The summed E-state index contributed by atoms with van der Waals surface area (Å²) >= 11 is 0. The van der Waals surface area contributed by atoms with Crippen LogP contribution in [0.5, 0.6) is 0 Å². The Balaban J connectivity index is 1.89. The number of hydrogen-bond acceptors (Lipinski definition) is 2. The van der Waals surface area contributed by atoms with Crippen molar-refractivity contribution in [2.24, 2.45) is 11.3 Å². The zero-order chi connectivity index (χ0) is 10.2. The summed E-state index contributed by atoms with van der Waals surface area (Å²) in [6.45, 7) is 6.29. The summed E-state index contributed by atoms with van der Waals surface area (Å²) in [6, 6.07) is 0.374. The summed E-state index contributed by atoms with van der Waals surface area (Å²) in [5, 5.41) is 6.43. The molecule has 2 rings (SSSR count). The molecule has 1 heterocycles. The van der Waals surface area contributed by atoms with Crippen molar-refractivity contribution in [1.29, 1.82) is 0 Å². The average Bonchev–Trinajstić information content (AvgIpc) is 2.81. The zero-order valence-corrected chi connectivity index (χ0v) is 9.10. The lowest BCUT2D eigenvalue weighted by atomic mass is 9.91. The molecule has 2 fully saturated rings. The fourth-order valence-electron chi connectivity index (χ4n) is 2.31. The van der Waals surface area contributed by atoms with Crippen molar-refractivity contribution in [2.45, 2.75) is 39.2 Å². The van der Waals surface area contributed by atoms with E-state index in [2.05, 4.69) is 24.5 Å². The van der Waals surface area contributed by atoms with Gasteiger partial charge in [-0.05, 0) is 31.7 Å². The van der Waals surface area contributed by atoms with Crippen LogP contribution >= 0.6 is 0 Å². The van der Waals surface area contributed by atoms with Crippen LogP contribution in [0.4, 0.5) is 0 Å². The SMILES string of the molecule is CC(C)C1(C(=O)NC2CCNC2)CC1. The van der Waals surface area contributed by atoms with Crippen LogP contribution in [0.15, 0.2) is 0 Å². The van der Waals surface area contributed by atoms with Gasteiger partial charge in [0.1, 0.15) is 0 Å². The van der Waals surface area contributed by atoms with Crippen molar-refractivity contribution in [3.8, 4) is 0 Å². The van der Waals surface area contributed by atoms with E-state index in [1.54, 1.807) is 0 Å². The normalized spacial score (nSPS) is 29.2. The standard InChI is InChI=1S/C11H20N2O/c1-8(2)11(4-5-11)10(14)13-9-3-6-12-7-9/h8-9,12H,3-7H2,1-2H3,(H,13,14). The topological polar surface area (TPSA) is 41.1 Å². The van der Waals surface area contributed by atoms with E-state index in [-0.39, 0.29) is 5.41 Å². The molecule has 1 saturated heterocycles. The van der Waals surface area contributed by atoms with Crippen molar-refractivity contribution in [2.75, 3.05) is 13.1 Å². The highest BCUT2D eigenvalue weighted by Gasteiger charge is 2.52. The van der Waals surface area contributed by atoms with Crippen LogP contribution < -0.4 is 10.6 Å². The first-order valence-electron chi connectivity index (χ1n) is 5.67. The maximum atomic E-state index is 12.0. The van der Waals surface area contributed by atoms with E-state index in [0.29, 0.717) is 17.9 Å². The van der Waals surface area contributed by atoms with E-state index >= 15 is 0 Å². The van der Waals surface area contributed by atoms with Crippen molar-refractivity contribution in [3.05, 3.63) is 0 Å². The van der Waals surface area contributed by atoms with Gasteiger partial charge in [0.2, 0.25) is 5.91 Å². The second kappa shape index (κ2) is 3.54. The Morgan fingerprint density at radius 1 is 1.50 bits per heavy atom. The van der Waals surface area contributed by atoms with Gasteiger partial charge in [0.05, 0.1) is 5.41 Å². The lowest BCUT2D eigenvalue weighted by Gasteiger charge is -2.21. The molecule has 2 aliphatic rings. The van der Waals surface area contributed by atoms with E-state index in [9.17, 15) is 4.79 Å². The summed E-state index contributed by atoms with van der Waals surface area (Å²) in [6.07, 6.45) is 3.24. The van der Waals surface area contributed by atoms with E-state index in [1.165, 1.54) is 0 Å². The smallest absolute Gasteiger partial charge is 0.226 e. The van der Waals surface area contributed by atoms with Gasteiger partial charge in [-0.3, -0.25) is 4.79 Å². The van der Waals surface area contributed by atoms with Gasteiger partial charge in [0.15, 0.2) is 0 Å². The molecule has 14 heavy (non-hydrogen) atoms. The molecule has 3 heteroatoms. The summed E-state index contributed by atoms with van der Waals surface area (Å²) < 4.78 is 0. The minimum Gasteiger partial charge on any atom is -0.352 e. The van der Waals surface area contributed by atoms with Crippen LogP contribution in [-0.4, -0.2) is 25.0 Å². The van der Waals surface area contributed by atoms with E-state index in [1.807, 2.05) is 0 Å². The summed E-state index contributed by atoms with van der Waals surface area (Å²) in [7, 11) is 0. The van der Waals surface area contributed by atoms with Crippen LogP contribution in [0.1, 0.15) is 33.1 Å². The molecular weight excluding hydrogens is 176 g/mol. The van der Waals surface area contributed by atoms with Crippen molar-refractivity contribution < 1.29 is 4.79 Å². The number of carbonyl (C=O) groups is 1. The number of rotatable bonds is 3. The highest BCUT2D eigenvalue weighted by atomic mass is 16.2. The number of carbonyl (C=O) groups excluding carboxylic acids is 1. The van der Waals surface area contributed by atoms with Gasteiger partial charge < -0.3 is 10.6 Å². The number of hydrogen-bond donors (Lipinski definition) is 2. The maximum Gasteiger partial charge on any atom is 0.226 e. The van der Waals surface area contributed by atoms with Crippen LogP contribution in [0, 0.1) is 11.3 Å². The van der Waals surface area contributed by atoms with Crippen LogP contribution in [-0.2, 0) is 4.79 Å². The van der Waals surface area contributed by atoms with E-state index in [0.717, 1.165) is 32.4 Å². The molecule has 1 saturated carbocycles. The van der Waals surface area contributed by atoms with Gasteiger partial charge >= 0.3 is 0 Å². The summed E-state index contributed by atoms with van der Waals surface area (Å²) in [4.78, 5) is 12.0. The first kappa shape index (κ1) is 9.97. The predicted octanol–water partition coefficient (Wildman–Crippen LogP) is 0.901. The lowest BCUT2D eigenvalue weighted by Crippen LogP contribution is -2.42. The Kier molecular flexibility index (Phi) is 2.52. The molecule has 1 amide bonds. The Morgan fingerprint density at radius 3 is 2.64 bits per heavy atom. The van der Waals surface area contributed by atoms with E-state index < -0.39 is 0 Å². The molecule has 0 aromatic heterocycles. The minimum atomic E-state index is -0.0113. The molecule has 1 atom stereocenters. The van der Waals surface area contributed by atoms with Gasteiger partial charge in [-0.15, -0.1) is 0 Å². The quantitative estimate of drug-likeness (QED) is 0.704. The third-order valence-electron chi connectivity index (χ3n) is 3.74. The Morgan fingerprint density at radius 2 is 2.21 bits per heavy atom. The first-order valence-corrected chi connectivity index (χ1v) is 5.67. The number of nitrogens with one attached hydrogen (secondary N) is 2. The van der Waals surface area contributed by atoms with Crippen LogP contribution in [0.25, 0.3) is 0 Å². The van der Waals surface area contributed by atoms with Gasteiger partial charge in [-0.25, -0.2) is 0 Å². The third kappa shape index (κ3) is 1.65. The monoisotopic (exact) mass is 196 g/mol. The largest absolute Gasteiger partial charge is 0.352 e. The highest BCUT2D eigenvalue weighted by molar-refractivity contribution is 5.85. The summed E-state index contributed by atoms with van der Waals surface area (Å²) in [5.41, 5.74) is -0.0113. The second-order valence-corrected chi connectivity index (χ2v) is 4.97. The van der Waals surface area contributed by atoms with Crippen LogP contribution in [0.2, 0.25) is 0 Å². The van der Waals surface area contributed by atoms with Gasteiger partial charge in [-0.1, -0.05) is 13.8 Å². The summed E-state index contributed by atoms with van der Waals surface area (Å²) in [5.74, 6) is 0.776. The molecule has 2 N–H and O–H groups in total. The molecule has 0 aromatic carbocycles. The highest BCUT2D eigenvalue weighted by Crippen LogP contribution is 2.52. The first-order chi connectivity index (χ1) is 6.65. The minimum absolute atomic E-state index is 0.0113. The lowest BCUT2D eigenvalue weighted by molar-refractivity contribution is -0.128. The number of amides is 1. The molecule has 0 bridgehead atoms. The zero-order valence-electron chi connectivity index (χ0n) is 9.10. The van der Waals surface area contributed by atoms with Crippen LogP contribution in [0.3, 0.4) is 0 Å². The fraction of sp³-hybridized carbons (Fsp3) is 0.909. The molecule has 0 aromatic rings. The fourth-order valence-corrected chi connectivity index (χ4v) is 2.31. The molecule has 80 valence electrons. The van der Waals surface area contributed by atoms with Crippen molar-refractivity contribution in [3.63, 3.8) is 0 Å². The molecule has 3 nitrogen and oxygen atoms in total. The van der Waals surface area contributed by atoms with Gasteiger partial charge in [-0.2, -0.15) is 0 Å². The Labute approximate surface area is 85.6 Å². The molecule has 1 aliphatic carbocycles. The molecule has 1 unspecified atom stereocenters. The van der Waals surface area contributed by atoms with E-state index in [4.69, 9.17) is 0 Å². The average molecular weight is 196 g/mol. The molecular formula is C11H20N2O. The molecule has 0 spiro atoms. The Bertz CT molecular complexity index is 227. The Hall–Kier alpha value is -0.570. The molecule has 1 aliphatic heterocycles. The third-order valence-corrected chi connectivity index (χ3v) is 3.74. The van der Waals surface area contributed by atoms with Crippen molar-refractivity contribution in [1.82, 2.24) is 10.6 Å². The molecule has 0 radical (unpaired) electrons. The van der Waals surface area contributed by atoms with Gasteiger partial charge in [0.25, 0.3) is 0 Å². The van der Waals surface area contributed by atoms with Crippen molar-refractivity contribution >= 4 is 5.91 Å². The predicted molar refractivity (Wildman–Crippen MR) is 55.9 cm³/mol.